The zero-order chi connectivity index (χ0) is 16.3. The summed E-state index contributed by atoms with van der Waals surface area (Å²) in [4.78, 5) is 52.2. The van der Waals surface area contributed by atoms with Gasteiger partial charge in [0.15, 0.2) is 10.8 Å². The van der Waals surface area contributed by atoms with Crippen molar-refractivity contribution < 1.29 is 24.1 Å². The smallest absolute Gasteiger partial charge is 0.325 e. The number of nitro benzene ring substituents is 1. The molecule has 11 heteroatoms. The maximum Gasteiger partial charge on any atom is 0.370 e. The molecule has 1 aliphatic rings. The summed E-state index contributed by atoms with van der Waals surface area (Å²) in [5.74, 6) is -2.66. The fourth-order valence-electron chi connectivity index (χ4n) is 1.76. The Labute approximate surface area is 121 Å². The summed E-state index contributed by atoms with van der Waals surface area (Å²) in [6, 6.07) is 3.14. The van der Waals surface area contributed by atoms with Gasteiger partial charge in [-0.2, -0.15) is 0 Å². The fourth-order valence-corrected chi connectivity index (χ4v) is 1.76. The monoisotopic (exact) mass is 306 g/mol. The molecule has 2 rings (SSSR count). The quantitative estimate of drug-likeness (QED) is 0.287. The van der Waals surface area contributed by atoms with Crippen LogP contribution in [0.3, 0.4) is 0 Å². The van der Waals surface area contributed by atoms with Gasteiger partial charge in [0.25, 0.3) is 17.5 Å². The van der Waals surface area contributed by atoms with Gasteiger partial charge in [-0.25, -0.2) is 4.79 Å². The molecule has 0 aliphatic carbocycles. The predicted octanol–water partition coefficient (Wildman–Crippen LogP) is 0.997. The zero-order valence-electron chi connectivity index (χ0n) is 10.9. The Morgan fingerprint density at radius 1 is 1.36 bits per heavy atom. The van der Waals surface area contributed by atoms with Gasteiger partial charge in [0, 0.05) is 18.9 Å². The molecular weight excluding hydrogens is 298 g/mol. The van der Waals surface area contributed by atoms with E-state index in [1.807, 2.05) is 0 Å². The highest BCUT2D eigenvalue weighted by molar-refractivity contribution is 6.03. The molecule has 22 heavy (non-hydrogen) atoms. The van der Waals surface area contributed by atoms with Crippen LogP contribution < -0.4 is 4.91 Å². The van der Waals surface area contributed by atoms with Crippen LogP contribution in [0.2, 0.25) is 0 Å². The Balaban J connectivity index is 2.36. The Kier molecular flexibility index (Phi) is 4.00. The number of carbonyl (C=O) groups excluding carboxylic acids is 3. The Hall–Kier alpha value is -3.46. The predicted molar refractivity (Wildman–Crippen MR) is 66.5 cm³/mol. The molecule has 11 nitrogen and oxygen atoms in total. The molecule has 1 heterocycles. The van der Waals surface area contributed by atoms with Crippen LogP contribution in [0.25, 0.3) is 0 Å². The molecule has 112 valence electrons. The SMILES string of the molecule is N=[N+]=Nc1ccc([N+](=O)[O-])c(C(=O)ON2C(=O)CCC2=O)c1. The topological polar surface area (TPSA) is 157 Å². The lowest BCUT2D eigenvalue weighted by atomic mass is 10.1. The van der Waals surface area contributed by atoms with Gasteiger partial charge in [-0.15, -0.1) is 5.06 Å². The van der Waals surface area contributed by atoms with Crippen molar-refractivity contribution in [1.82, 2.24) is 9.97 Å². The van der Waals surface area contributed by atoms with Crippen molar-refractivity contribution in [1.29, 1.82) is 5.53 Å². The van der Waals surface area contributed by atoms with Gasteiger partial charge in [0.1, 0.15) is 11.1 Å². The molecule has 0 atom stereocenters. The first kappa shape index (κ1) is 14.9. The molecule has 0 bridgehead atoms. The van der Waals surface area contributed by atoms with Crippen LogP contribution in [0.15, 0.2) is 23.3 Å². The lowest BCUT2D eigenvalue weighted by Gasteiger charge is -2.12. The zero-order valence-corrected chi connectivity index (χ0v) is 10.9. The van der Waals surface area contributed by atoms with Crippen LogP contribution in [-0.2, 0) is 14.4 Å². The van der Waals surface area contributed by atoms with Gasteiger partial charge in [-0.1, -0.05) is 0 Å². The van der Waals surface area contributed by atoms with Crippen molar-refractivity contribution in [2.24, 2.45) is 5.11 Å². The van der Waals surface area contributed by atoms with Crippen LogP contribution in [0.1, 0.15) is 23.2 Å². The molecule has 2 amide bonds. The third-order valence-electron chi connectivity index (χ3n) is 2.74. The average molecular weight is 306 g/mol. The highest BCUT2D eigenvalue weighted by Crippen LogP contribution is 2.26. The standard InChI is InChI=1S/C11H8N5O6/c12-14-13-6-1-2-8(16(20)21)7(5-6)11(19)22-15-9(17)3-4-10(15)18/h1-2,5,12H,3-4H2/q+1. The summed E-state index contributed by atoms with van der Waals surface area (Å²) in [5.41, 5.74) is 5.51. The molecule has 0 spiro atoms. The first-order valence-corrected chi connectivity index (χ1v) is 5.88. The minimum Gasteiger partial charge on any atom is -0.325 e. The number of hydrogen-bond acceptors (Lipinski definition) is 8. The number of amides is 2. The number of benzene rings is 1. The lowest BCUT2D eigenvalue weighted by Crippen LogP contribution is -2.32. The van der Waals surface area contributed by atoms with E-state index in [4.69, 9.17) is 5.53 Å². The second kappa shape index (κ2) is 5.89. The largest absolute Gasteiger partial charge is 0.370 e. The van der Waals surface area contributed by atoms with Crippen LogP contribution in [0, 0.1) is 15.6 Å². The van der Waals surface area contributed by atoms with Crippen molar-refractivity contribution in [3.63, 3.8) is 0 Å². The second-order valence-electron chi connectivity index (χ2n) is 4.12. The number of hydrogen-bond donors (Lipinski definition) is 1. The molecule has 0 aromatic heterocycles. The molecular formula is C11H8N5O6+. The van der Waals surface area contributed by atoms with Crippen LogP contribution in [-0.4, -0.2) is 27.8 Å². The molecule has 0 unspecified atom stereocenters. The second-order valence-corrected chi connectivity index (χ2v) is 4.12. The average Bonchev–Trinajstić information content (AvgIpc) is 2.79. The molecule has 1 N–H and O–H groups in total. The van der Waals surface area contributed by atoms with E-state index in [-0.39, 0.29) is 23.6 Å². The van der Waals surface area contributed by atoms with Gasteiger partial charge in [0.2, 0.25) is 4.91 Å². The third kappa shape index (κ3) is 2.83. The van der Waals surface area contributed by atoms with E-state index in [0.717, 1.165) is 12.1 Å². The number of nitrogens with zero attached hydrogens (tertiary/aromatic N) is 4. The summed E-state index contributed by atoms with van der Waals surface area (Å²) in [6.07, 6.45) is -0.192. The minimum absolute atomic E-state index is 0.00613. The van der Waals surface area contributed by atoms with Crippen molar-refractivity contribution in [2.45, 2.75) is 12.8 Å². The van der Waals surface area contributed by atoms with Crippen LogP contribution in [0.4, 0.5) is 11.4 Å². The van der Waals surface area contributed by atoms with E-state index < -0.39 is 34.0 Å². The highest BCUT2D eigenvalue weighted by atomic mass is 16.7. The molecule has 1 aromatic carbocycles. The van der Waals surface area contributed by atoms with E-state index in [1.165, 1.54) is 6.07 Å². The Morgan fingerprint density at radius 3 is 2.55 bits per heavy atom. The molecule has 1 aliphatic heterocycles. The van der Waals surface area contributed by atoms with Crippen LogP contribution >= 0.6 is 0 Å². The first-order chi connectivity index (χ1) is 10.4. The van der Waals surface area contributed by atoms with Crippen molar-refractivity contribution in [2.75, 3.05) is 0 Å². The van der Waals surface area contributed by atoms with Gasteiger partial charge >= 0.3 is 5.97 Å². The van der Waals surface area contributed by atoms with Gasteiger partial charge in [0.05, 0.1) is 4.92 Å². The maximum atomic E-state index is 12.0. The van der Waals surface area contributed by atoms with Crippen LogP contribution in [0.5, 0.6) is 0 Å². The Morgan fingerprint density at radius 2 is 2.00 bits per heavy atom. The van der Waals surface area contributed by atoms with Gasteiger partial charge < -0.3 is 4.84 Å². The van der Waals surface area contributed by atoms with E-state index in [2.05, 4.69) is 14.9 Å². The maximum absolute atomic E-state index is 12.0. The molecule has 1 saturated heterocycles. The van der Waals surface area contributed by atoms with E-state index >= 15 is 0 Å². The molecule has 0 saturated carbocycles. The van der Waals surface area contributed by atoms with E-state index in [0.29, 0.717) is 0 Å². The number of rotatable bonds is 4. The molecule has 1 fully saturated rings. The summed E-state index contributed by atoms with van der Waals surface area (Å²) in [5, 5.41) is 14.5. The van der Waals surface area contributed by atoms with E-state index in [9.17, 15) is 24.5 Å². The minimum atomic E-state index is -1.25. The third-order valence-corrected chi connectivity index (χ3v) is 2.74. The number of hydroxylamine groups is 2. The summed E-state index contributed by atoms with van der Waals surface area (Å²) < 4.78 is 0. The number of nitrogens with one attached hydrogen (secondary N) is 1. The summed E-state index contributed by atoms with van der Waals surface area (Å²) >= 11 is 0. The molecule has 1 aromatic rings. The van der Waals surface area contributed by atoms with Crippen molar-refractivity contribution >= 4 is 29.2 Å². The summed E-state index contributed by atoms with van der Waals surface area (Å²) in [6.45, 7) is 0. The fraction of sp³-hybridized carbons (Fsp3) is 0.182. The number of carbonyl (C=O) groups is 3. The first-order valence-electron chi connectivity index (χ1n) is 5.88. The number of imide groups is 1. The van der Waals surface area contributed by atoms with Crippen molar-refractivity contribution in [3.8, 4) is 0 Å². The van der Waals surface area contributed by atoms with Crippen molar-refractivity contribution in [3.05, 3.63) is 33.9 Å². The van der Waals surface area contributed by atoms with Gasteiger partial charge in [-0.05, 0) is 12.1 Å². The number of nitro groups is 1. The van der Waals surface area contributed by atoms with E-state index in [1.54, 1.807) is 0 Å². The summed E-state index contributed by atoms with van der Waals surface area (Å²) in [7, 11) is 0. The normalized spacial score (nSPS) is 13.7. The Bertz CT molecular complexity index is 722. The van der Waals surface area contributed by atoms with Gasteiger partial charge in [-0.3, -0.25) is 19.7 Å². The molecule has 0 radical (unpaired) electrons. The lowest BCUT2D eigenvalue weighted by molar-refractivity contribution is -0.385. The highest BCUT2D eigenvalue weighted by Gasteiger charge is 2.35.